The molecule has 2 amide bonds. The van der Waals surface area contributed by atoms with Crippen molar-refractivity contribution in [3.63, 3.8) is 0 Å². The Balaban J connectivity index is 1.51. The average Bonchev–Trinajstić information content (AvgIpc) is 3.08. The van der Waals surface area contributed by atoms with Crippen LogP contribution in [0.3, 0.4) is 0 Å². The van der Waals surface area contributed by atoms with Gasteiger partial charge in [-0.2, -0.15) is 8.75 Å². The quantitative estimate of drug-likeness (QED) is 0.748. The molecule has 0 radical (unpaired) electrons. The van der Waals surface area contributed by atoms with Gasteiger partial charge in [-0.05, 0) is 29.8 Å². The number of urea groups is 1. The maximum absolute atomic E-state index is 11.8. The van der Waals surface area contributed by atoms with E-state index in [0.29, 0.717) is 18.1 Å². The van der Waals surface area contributed by atoms with Gasteiger partial charge in [-0.3, -0.25) is 5.32 Å². The van der Waals surface area contributed by atoms with Gasteiger partial charge in [-0.25, -0.2) is 4.79 Å². The Hall–Kier alpha value is -2.93. The van der Waals surface area contributed by atoms with E-state index in [9.17, 15) is 4.79 Å². The zero-order valence-electron chi connectivity index (χ0n) is 12.1. The third kappa shape index (κ3) is 4.52. The fourth-order valence-electron chi connectivity index (χ4n) is 1.87. The van der Waals surface area contributed by atoms with Crippen molar-refractivity contribution in [2.75, 3.05) is 10.6 Å². The van der Waals surface area contributed by atoms with Gasteiger partial charge in [-0.1, -0.05) is 30.3 Å². The molecule has 2 N–H and O–H groups in total. The highest BCUT2D eigenvalue weighted by molar-refractivity contribution is 6.99. The van der Waals surface area contributed by atoms with Crippen molar-refractivity contribution in [3.05, 3.63) is 66.4 Å². The van der Waals surface area contributed by atoms with Gasteiger partial charge < -0.3 is 10.1 Å². The van der Waals surface area contributed by atoms with Crippen molar-refractivity contribution in [2.24, 2.45) is 0 Å². The first-order valence-electron chi connectivity index (χ1n) is 6.92. The zero-order valence-corrected chi connectivity index (χ0v) is 12.9. The van der Waals surface area contributed by atoms with Gasteiger partial charge in [0.2, 0.25) is 0 Å². The van der Waals surface area contributed by atoms with Crippen molar-refractivity contribution in [1.82, 2.24) is 8.75 Å². The van der Waals surface area contributed by atoms with Crippen LogP contribution in [0.25, 0.3) is 0 Å². The number of nitrogens with zero attached hydrogens (tertiary/aromatic N) is 2. The summed E-state index contributed by atoms with van der Waals surface area (Å²) < 4.78 is 13.4. The highest BCUT2D eigenvalue weighted by atomic mass is 32.1. The molecular weight excluding hydrogens is 312 g/mol. The van der Waals surface area contributed by atoms with E-state index in [1.165, 1.54) is 6.20 Å². The molecule has 0 bridgehead atoms. The topological polar surface area (TPSA) is 76.1 Å². The molecule has 23 heavy (non-hydrogen) atoms. The number of anilines is 2. The van der Waals surface area contributed by atoms with Crippen molar-refractivity contribution in [3.8, 4) is 5.75 Å². The van der Waals surface area contributed by atoms with E-state index in [2.05, 4.69) is 19.4 Å². The molecule has 7 heteroatoms. The van der Waals surface area contributed by atoms with Crippen molar-refractivity contribution >= 4 is 29.3 Å². The number of benzene rings is 2. The summed E-state index contributed by atoms with van der Waals surface area (Å²) in [5, 5.41) is 5.30. The van der Waals surface area contributed by atoms with Crippen LogP contribution in [0, 0.1) is 0 Å². The number of hydrogen-bond donors (Lipinski definition) is 2. The second kappa shape index (κ2) is 7.37. The van der Waals surface area contributed by atoms with Gasteiger partial charge >= 0.3 is 6.03 Å². The Bertz CT molecular complexity index is 746. The second-order valence-electron chi connectivity index (χ2n) is 4.67. The number of amides is 2. The number of carbonyl (C=O) groups is 1. The Morgan fingerprint density at radius 1 is 1.04 bits per heavy atom. The first kappa shape index (κ1) is 15.0. The molecule has 0 atom stereocenters. The van der Waals surface area contributed by atoms with Crippen LogP contribution in [-0.4, -0.2) is 14.8 Å². The highest BCUT2D eigenvalue weighted by Gasteiger charge is 2.04. The average molecular weight is 326 g/mol. The van der Waals surface area contributed by atoms with Crippen LogP contribution in [0.4, 0.5) is 16.3 Å². The predicted octanol–water partition coefficient (Wildman–Crippen LogP) is 3.76. The zero-order chi connectivity index (χ0) is 15.9. The summed E-state index contributed by atoms with van der Waals surface area (Å²) in [7, 11) is 0. The molecule has 1 heterocycles. The lowest BCUT2D eigenvalue weighted by molar-refractivity contribution is 0.262. The van der Waals surface area contributed by atoms with Crippen LogP contribution >= 0.6 is 11.7 Å². The first-order chi connectivity index (χ1) is 11.3. The van der Waals surface area contributed by atoms with Crippen molar-refractivity contribution in [1.29, 1.82) is 0 Å². The molecule has 0 aliphatic carbocycles. The number of ether oxygens (including phenoxy) is 1. The summed E-state index contributed by atoms with van der Waals surface area (Å²) >= 11 is 1.03. The van der Waals surface area contributed by atoms with E-state index in [4.69, 9.17) is 4.74 Å². The largest absolute Gasteiger partial charge is 0.489 e. The standard InChI is InChI=1S/C16H14N4O2S/c21-16(19-15-10-17-23-20-15)18-13-6-8-14(9-7-13)22-11-12-4-2-1-3-5-12/h1-10H,11H2,(H2,18,19,20,21). The summed E-state index contributed by atoms with van der Waals surface area (Å²) in [6, 6.07) is 16.7. The maximum atomic E-state index is 11.8. The van der Waals surface area contributed by atoms with Crippen molar-refractivity contribution in [2.45, 2.75) is 6.61 Å². The second-order valence-corrected chi connectivity index (χ2v) is 5.23. The number of aromatic nitrogens is 2. The van der Waals surface area contributed by atoms with Gasteiger partial charge in [0.1, 0.15) is 12.4 Å². The first-order valence-corrected chi connectivity index (χ1v) is 7.65. The molecule has 0 aliphatic heterocycles. The van der Waals surface area contributed by atoms with Gasteiger partial charge in [0, 0.05) is 5.69 Å². The molecule has 0 aliphatic rings. The minimum Gasteiger partial charge on any atom is -0.489 e. The summed E-state index contributed by atoms with van der Waals surface area (Å²) in [5.74, 6) is 1.17. The molecular formula is C16H14N4O2S. The number of hydrogen-bond acceptors (Lipinski definition) is 5. The molecule has 0 saturated heterocycles. The lowest BCUT2D eigenvalue weighted by Crippen LogP contribution is -2.19. The summed E-state index contributed by atoms with van der Waals surface area (Å²) in [6.07, 6.45) is 1.49. The molecule has 0 unspecified atom stereocenters. The van der Waals surface area contributed by atoms with Gasteiger partial charge in [0.15, 0.2) is 5.82 Å². The normalized spacial score (nSPS) is 10.1. The SMILES string of the molecule is O=C(Nc1ccc(OCc2ccccc2)cc1)Nc1cnsn1. The Kier molecular flexibility index (Phi) is 4.80. The molecule has 0 spiro atoms. The van der Waals surface area contributed by atoms with Gasteiger partial charge in [0.25, 0.3) is 0 Å². The molecule has 116 valence electrons. The van der Waals surface area contributed by atoms with Crippen LogP contribution in [-0.2, 0) is 6.61 Å². The Morgan fingerprint density at radius 3 is 2.52 bits per heavy atom. The molecule has 3 aromatic rings. The molecule has 0 saturated carbocycles. The lowest BCUT2D eigenvalue weighted by atomic mass is 10.2. The Morgan fingerprint density at radius 2 is 1.83 bits per heavy atom. The van der Waals surface area contributed by atoms with E-state index >= 15 is 0 Å². The molecule has 6 nitrogen and oxygen atoms in total. The number of rotatable bonds is 5. The molecule has 1 aromatic heterocycles. The van der Waals surface area contributed by atoms with Crippen LogP contribution in [0.2, 0.25) is 0 Å². The fraction of sp³-hybridized carbons (Fsp3) is 0.0625. The maximum Gasteiger partial charge on any atom is 0.324 e. The lowest BCUT2D eigenvalue weighted by Gasteiger charge is -2.08. The van der Waals surface area contributed by atoms with E-state index in [1.807, 2.05) is 42.5 Å². The molecule has 3 rings (SSSR count). The summed E-state index contributed by atoms with van der Waals surface area (Å²) in [6.45, 7) is 0.505. The summed E-state index contributed by atoms with van der Waals surface area (Å²) in [5.41, 5.74) is 1.77. The number of carbonyl (C=O) groups excluding carboxylic acids is 1. The van der Waals surface area contributed by atoms with Crippen LogP contribution in [0.15, 0.2) is 60.8 Å². The predicted molar refractivity (Wildman–Crippen MR) is 89.8 cm³/mol. The Labute approximate surface area is 137 Å². The van der Waals surface area contributed by atoms with Gasteiger partial charge in [0.05, 0.1) is 17.9 Å². The van der Waals surface area contributed by atoms with Gasteiger partial charge in [-0.15, -0.1) is 0 Å². The molecule has 0 fully saturated rings. The summed E-state index contributed by atoms with van der Waals surface area (Å²) in [4.78, 5) is 11.8. The van der Waals surface area contributed by atoms with Crippen LogP contribution in [0.5, 0.6) is 5.75 Å². The smallest absolute Gasteiger partial charge is 0.324 e. The van der Waals surface area contributed by atoms with E-state index < -0.39 is 0 Å². The van der Waals surface area contributed by atoms with Crippen molar-refractivity contribution < 1.29 is 9.53 Å². The van der Waals surface area contributed by atoms with E-state index in [0.717, 1.165) is 23.0 Å². The van der Waals surface area contributed by atoms with E-state index in [1.54, 1.807) is 12.1 Å². The highest BCUT2D eigenvalue weighted by Crippen LogP contribution is 2.17. The fourth-order valence-corrected chi connectivity index (χ4v) is 2.25. The monoisotopic (exact) mass is 326 g/mol. The molecule has 2 aromatic carbocycles. The minimum absolute atomic E-state index is 0.365. The minimum atomic E-state index is -0.365. The number of nitrogens with one attached hydrogen (secondary N) is 2. The van der Waals surface area contributed by atoms with E-state index in [-0.39, 0.29) is 6.03 Å². The third-order valence-electron chi connectivity index (χ3n) is 2.96. The third-order valence-corrected chi connectivity index (χ3v) is 3.44. The van der Waals surface area contributed by atoms with Crippen LogP contribution in [0.1, 0.15) is 5.56 Å². The van der Waals surface area contributed by atoms with Crippen LogP contribution < -0.4 is 15.4 Å².